The molecule has 3 amide bonds. The number of aromatic nitrogens is 2. The number of nitrogens with one attached hydrogen (secondary N) is 1. The number of primary amides is 2. The molecule has 1 aliphatic heterocycles. The van der Waals surface area contributed by atoms with Gasteiger partial charge in [-0.05, 0) is 85.5 Å². The number of nitrogens with two attached hydrogens (primary N) is 2. The first-order valence-corrected chi connectivity index (χ1v) is 14.3. The predicted molar refractivity (Wildman–Crippen MR) is 168 cm³/mol. The standard InChI is InChI=1S/C34H32N6O3/c35-32(41)23-12-14-37-30(19-23)28-20-25(39-15-2-1-3-16-39)10-11-29(28)38-34(43)24-7-4-6-22(18-24)21-40-17-13-26-27(33(36)42)8-5-9-31(26)40/h4-14,17-20H,1-3,15-16,21H2,(H2,35,41)(H2,36,42)(H,38,43). The lowest BCUT2D eigenvalue weighted by atomic mass is 10.0. The lowest BCUT2D eigenvalue weighted by molar-refractivity contribution is 0.0992. The van der Waals surface area contributed by atoms with Crippen molar-refractivity contribution in [3.8, 4) is 11.3 Å². The molecule has 0 aliphatic carbocycles. The predicted octanol–water partition coefficient (Wildman–Crippen LogP) is 5.19. The van der Waals surface area contributed by atoms with Crippen LogP contribution in [0, 0.1) is 0 Å². The van der Waals surface area contributed by atoms with Gasteiger partial charge in [0.25, 0.3) is 5.91 Å². The Morgan fingerprint density at radius 2 is 1.63 bits per heavy atom. The van der Waals surface area contributed by atoms with Gasteiger partial charge in [-0.2, -0.15) is 0 Å². The van der Waals surface area contributed by atoms with Crippen LogP contribution in [0.3, 0.4) is 0 Å². The van der Waals surface area contributed by atoms with Crippen LogP contribution in [0.2, 0.25) is 0 Å². The number of rotatable bonds is 8. The SMILES string of the molecule is NC(=O)c1ccnc(-c2cc(N3CCCCC3)ccc2NC(=O)c2cccc(Cn3ccc4c(C(N)=O)cccc43)c2)c1. The average molecular weight is 573 g/mol. The molecule has 1 aliphatic rings. The van der Waals surface area contributed by atoms with Crippen LogP contribution < -0.4 is 21.7 Å². The van der Waals surface area contributed by atoms with Gasteiger partial charge >= 0.3 is 0 Å². The number of nitrogens with zero attached hydrogens (tertiary/aromatic N) is 3. The molecule has 0 unspecified atom stereocenters. The van der Waals surface area contributed by atoms with E-state index in [0.29, 0.717) is 40.2 Å². The molecule has 0 atom stereocenters. The van der Waals surface area contributed by atoms with Gasteiger partial charge in [0, 0.05) is 70.9 Å². The second kappa shape index (κ2) is 11.8. The summed E-state index contributed by atoms with van der Waals surface area (Å²) < 4.78 is 2.02. The molecule has 3 aromatic carbocycles. The molecule has 0 saturated carbocycles. The maximum absolute atomic E-state index is 13.6. The Balaban J connectivity index is 1.29. The lowest BCUT2D eigenvalue weighted by Crippen LogP contribution is -2.29. The van der Waals surface area contributed by atoms with Gasteiger partial charge in [0.2, 0.25) is 11.8 Å². The van der Waals surface area contributed by atoms with Crippen LogP contribution in [0.1, 0.15) is 55.9 Å². The van der Waals surface area contributed by atoms with Crippen molar-refractivity contribution in [1.82, 2.24) is 9.55 Å². The van der Waals surface area contributed by atoms with Crippen LogP contribution in [0.15, 0.2) is 91.3 Å². The van der Waals surface area contributed by atoms with Crippen LogP contribution in [0.25, 0.3) is 22.2 Å². The van der Waals surface area contributed by atoms with Crippen molar-refractivity contribution in [2.24, 2.45) is 11.5 Å². The van der Waals surface area contributed by atoms with Crippen LogP contribution in [0.4, 0.5) is 11.4 Å². The van der Waals surface area contributed by atoms with Crippen LogP contribution in [-0.2, 0) is 6.54 Å². The number of hydrogen-bond donors (Lipinski definition) is 3. The number of benzene rings is 3. The first-order chi connectivity index (χ1) is 20.9. The van der Waals surface area contributed by atoms with E-state index >= 15 is 0 Å². The molecule has 1 saturated heterocycles. The molecule has 5 N–H and O–H groups in total. The highest BCUT2D eigenvalue weighted by molar-refractivity contribution is 6.07. The van der Waals surface area contributed by atoms with E-state index in [9.17, 15) is 14.4 Å². The zero-order valence-corrected chi connectivity index (χ0v) is 23.6. The number of pyridine rings is 1. The number of amides is 3. The largest absolute Gasteiger partial charge is 0.372 e. The van der Waals surface area contributed by atoms with Gasteiger partial charge in [-0.25, -0.2) is 0 Å². The first-order valence-electron chi connectivity index (χ1n) is 14.3. The van der Waals surface area contributed by atoms with Crippen molar-refractivity contribution in [3.63, 3.8) is 0 Å². The molecule has 9 heteroatoms. The summed E-state index contributed by atoms with van der Waals surface area (Å²) in [6, 6.07) is 23.9. The molecule has 5 aromatic rings. The van der Waals surface area contributed by atoms with Crippen molar-refractivity contribution in [3.05, 3.63) is 114 Å². The second-order valence-corrected chi connectivity index (χ2v) is 10.8. The minimum Gasteiger partial charge on any atom is -0.372 e. The van der Waals surface area contributed by atoms with E-state index in [1.54, 1.807) is 30.5 Å². The molecule has 1 fully saturated rings. The summed E-state index contributed by atoms with van der Waals surface area (Å²) >= 11 is 0. The number of piperidine rings is 1. The second-order valence-electron chi connectivity index (χ2n) is 10.8. The molecule has 6 rings (SSSR count). The highest BCUT2D eigenvalue weighted by atomic mass is 16.2. The molecule has 3 heterocycles. The summed E-state index contributed by atoms with van der Waals surface area (Å²) in [5.74, 6) is -1.28. The Bertz CT molecular complexity index is 1850. The zero-order chi connectivity index (χ0) is 29.9. The maximum Gasteiger partial charge on any atom is 0.255 e. The summed E-state index contributed by atoms with van der Waals surface area (Å²) in [4.78, 5) is 44.2. The van der Waals surface area contributed by atoms with Crippen molar-refractivity contribution in [2.45, 2.75) is 25.8 Å². The Morgan fingerprint density at radius 3 is 2.42 bits per heavy atom. The fourth-order valence-electron chi connectivity index (χ4n) is 5.71. The Morgan fingerprint density at radius 1 is 0.814 bits per heavy atom. The highest BCUT2D eigenvalue weighted by Gasteiger charge is 2.18. The molecule has 2 aromatic heterocycles. The molecule has 0 radical (unpaired) electrons. The van der Waals surface area contributed by atoms with Crippen LogP contribution in [0.5, 0.6) is 0 Å². The van der Waals surface area contributed by atoms with Crippen LogP contribution >= 0.6 is 0 Å². The van der Waals surface area contributed by atoms with E-state index in [4.69, 9.17) is 11.5 Å². The Hall–Kier alpha value is -5.44. The average Bonchev–Trinajstić information content (AvgIpc) is 3.44. The van der Waals surface area contributed by atoms with Gasteiger partial charge in [-0.3, -0.25) is 19.4 Å². The molecule has 9 nitrogen and oxygen atoms in total. The maximum atomic E-state index is 13.6. The number of hydrogen-bond acceptors (Lipinski definition) is 5. The number of anilines is 2. The molecular weight excluding hydrogens is 540 g/mol. The van der Waals surface area contributed by atoms with Gasteiger partial charge in [0.05, 0.1) is 11.4 Å². The number of carbonyl (C=O) groups is 3. The van der Waals surface area contributed by atoms with Gasteiger partial charge in [0.15, 0.2) is 0 Å². The first kappa shape index (κ1) is 27.7. The number of fused-ring (bicyclic) bond motifs is 1. The third-order valence-electron chi connectivity index (χ3n) is 7.91. The minimum atomic E-state index is -0.542. The highest BCUT2D eigenvalue weighted by Crippen LogP contribution is 2.33. The molecule has 0 bridgehead atoms. The van der Waals surface area contributed by atoms with Crippen LogP contribution in [-0.4, -0.2) is 40.4 Å². The smallest absolute Gasteiger partial charge is 0.255 e. The summed E-state index contributed by atoms with van der Waals surface area (Å²) in [6.45, 7) is 2.44. The van der Waals surface area contributed by atoms with Gasteiger partial charge in [-0.15, -0.1) is 0 Å². The fourth-order valence-corrected chi connectivity index (χ4v) is 5.71. The van der Waals surface area contributed by atoms with E-state index in [-0.39, 0.29) is 5.91 Å². The summed E-state index contributed by atoms with van der Waals surface area (Å²) in [5.41, 5.74) is 17.1. The third-order valence-corrected chi connectivity index (χ3v) is 7.91. The molecule has 0 spiro atoms. The fraction of sp³-hybridized carbons (Fsp3) is 0.176. The number of carbonyl (C=O) groups excluding carboxylic acids is 3. The van der Waals surface area contributed by atoms with Gasteiger partial charge < -0.3 is 26.3 Å². The van der Waals surface area contributed by atoms with Crippen molar-refractivity contribution < 1.29 is 14.4 Å². The lowest BCUT2D eigenvalue weighted by Gasteiger charge is -2.29. The third kappa shape index (κ3) is 5.83. The molecule has 216 valence electrons. The minimum absolute atomic E-state index is 0.270. The monoisotopic (exact) mass is 572 g/mol. The Kier molecular flexibility index (Phi) is 7.61. The van der Waals surface area contributed by atoms with E-state index in [1.165, 1.54) is 6.42 Å². The zero-order valence-electron chi connectivity index (χ0n) is 23.6. The Labute approximate surface area is 249 Å². The topological polar surface area (TPSA) is 136 Å². The van der Waals surface area contributed by atoms with Crippen molar-refractivity contribution >= 4 is 40.0 Å². The summed E-state index contributed by atoms with van der Waals surface area (Å²) in [5, 5.41) is 3.86. The summed E-state index contributed by atoms with van der Waals surface area (Å²) in [7, 11) is 0. The van der Waals surface area contributed by atoms with Crippen molar-refractivity contribution in [1.29, 1.82) is 0 Å². The summed E-state index contributed by atoms with van der Waals surface area (Å²) in [6.07, 6.45) is 6.94. The molecule has 43 heavy (non-hydrogen) atoms. The van der Waals surface area contributed by atoms with E-state index in [0.717, 1.165) is 48.1 Å². The van der Waals surface area contributed by atoms with E-state index < -0.39 is 11.8 Å². The van der Waals surface area contributed by atoms with Gasteiger partial charge in [-0.1, -0.05) is 18.2 Å². The van der Waals surface area contributed by atoms with Crippen molar-refractivity contribution in [2.75, 3.05) is 23.3 Å². The quantitative estimate of drug-likeness (QED) is 0.235. The van der Waals surface area contributed by atoms with E-state index in [1.807, 2.05) is 65.4 Å². The molecular formula is C34H32N6O3. The normalized spacial score (nSPS) is 13.2. The van der Waals surface area contributed by atoms with E-state index in [2.05, 4.69) is 15.2 Å². The van der Waals surface area contributed by atoms with Gasteiger partial charge in [0.1, 0.15) is 0 Å².